The quantitative estimate of drug-likeness (QED) is 0.614. The molecule has 0 fully saturated rings. The predicted molar refractivity (Wildman–Crippen MR) is 91.3 cm³/mol. The highest BCUT2D eigenvalue weighted by Gasteiger charge is 2.14. The van der Waals surface area contributed by atoms with Crippen molar-refractivity contribution in [2.45, 2.75) is 0 Å². The van der Waals surface area contributed by atoms with Crippen LogP contribution in [0.2, 0.25) is 0 Å². The number of fused-ring (bicyclic) bond motifs is 1. The van der Waals surface area contributed by atoms with Gasteiger partial charge in [-0.05, 0) is 35.0 Å². The molecule has 4 aromatic rings. The van der Waals surface area contributed by atoms with Crippen LogP contribution < -0.4 is 4.74 Å². The normalized spacial score (nSPS) is 10.8. The van der Waals surface area contributed by atoms with Crippen LogP contribution in [0.15, 0.2) is 66.7 Å². The molecule has 0 aliphatic rings. The summed E-state index contributed by atoms with van der Waals surface area (Å²) in [6.45, 7) is 0. The van der Waals surface area contributed by atoms with E-state index in [4.69, 9.17) is 4.74 Å². The number of aromatic amines is 1. The number of methoxy groups -OCH3 is 1. The van der Waals surface area contributed by atoms with Crippen LogP contribution >= 0.6 is 0 Å². The van der Waals surface area contributed by atoms with Gasteiger partial charge in [0, 0.05) is 11.1 Å². The van der Waals surface area contributed by atoms with Crippen molar-refractivity contribution in [2.75, 3.05) is 7.11 Å². The summed E-state index contributed by atoms with van der Waals surface area (Å²) in [7, 11) is 1.66. The van der Waals surface area contributed by atoms with E-state index in [-0.39, 0.29) is 0 Å². The maximum Gasteiger partial charge on any atom is 0.121 e. The molecule has 0 radical (unpaired) electrons. The third-order valence-corrected chi connectivity index (χ3v) is 3.97. The summed E-state index contributed by atoms with van der Waals surface area (Å²) >= 11 is 0. The van der Waals surface area contributed by atoms with Gasteiger partial charge in [0.15, 0.2) is 0 Å². The number of benzene rings is 3. The number of H-pyrrole nitrogens is 1. The number of rotatable bonds is 3. The largest absolute Gasteiger partial charge is 0.497 e. The molecule has 0 saturated carbocycles. The van der Waals surface area contributed by atoms with Crippen molar-refractivity contribution in [3.8, 4) is 28.3 Å². The molecule has 0 saturated heterocycles. The first-order valence-corrected chi connectivity index (χ1v) is 7.40. The van der Waals surface area contributed by atoms with Crippen molar-refractivity contribution < 1.29 is 4.74 Å². The zero-order valence-electron chi connectivity index (χ0n) is 12.7. The van der Waals surface area contributed by atoms with Gasteiger partial charge in [-0.15, -0.1) is 5.10 Å². The first kappa shape index (κ1) is 13.5. The minimum Gasteiger partial charge on any atom is -0.497 e. The summed E-state index contributed by atoms with van der Waals surface area (Å²) in [5, 5.41) is 13.7. The van der Waals surface area contributed by atoms with E-state index in [1.54, 1.807) is 7.11 Å². The molecule has 0 aliphatic carbocycles. The van der Waals surface area contributed by atoms with Gasteiger partial charge in [-0.1, -0.05) is 47.7 Å². The van der Waals surface area contributed by atoms with Crippen LogP contribution in [-0.4, -0.2) is 22.5 Å². The number of nitrogens with zero attached hydrogens (tertiary/aromatic N) is 2. The average molecular weight is 301 g/mol. The van der Waals surface area contributed by atoms with Gasteiger partial charge >= 0.3 is 0 Å². The molecular weight excluding hydrogens is 286 g/mol. The fourth-order valence-corrected chi connectivity index (χ4v) is 2.81. The zero-order chi connectivity index (χ0) is 15.6. The van der Waals surface area contributed by atoms with Gasteiger partial charge in [-0.3, -0.25) is 5.10 Å². The molecule has 1 N–H and O–H groups in total. The predicted octanol–water partition coefficient (Wildman–Crippen LogP) is 4.30. The topological polar surface area (TPSA) is 50.8 Å². The van der Waals surface area contributed by atoms with E-state index in [0.717, 1.165) is 28.3 Å². The van der Waals surface area contributed by atoms with Gasteiger partial charge in [-0.2, -0.15) is 0 Å². The molecule has 4 nitrogen and oxygen atoms in total. The second-order valence-corrected chi connectivity index (χ2v) is 5.29. The Hall–Kier alpha value is -3.14. The second-order valence-electron chi connectivity index (χ2n) is 5.29. The van der Waals surface area contributed by atoms with Crippen molar-refractivity contribution >= 4 is 10.8 Å². The number of hydrogen-bond donors (Lipinski definition) is 1. The molecule has 0 atom stereocenters. The van der Waals surface area contributed by atoms with Crippen molar-refractivity contribution in [3.63, 3.8) is 0 Å². The van der Waals surface area contributed by atoms with Crippen LogP contribution in [0.5, 0.6) is 5.75 Å². The molecule has 23 heavy (non-hydrogen) atoms. The highest BCUT2D eigenvalue weighted by molar-refractivity contribution is 5.98. The molecule has 0 bridgehead atoms. The Labute approximate surface area is 133 Å². The van der Waals surface area contributed by atoms with E-state index in [1.165, 1.54) is 10.8 Å². The molecule has 1 heterocycles. The molecule has 0 aliphatic heterocycles. The van der Waals surface area contributed by atoms with E-state index >= 15 is 0 Å². The first-order chi connectivity index (χ1) is 11.4. The highest BCUT2D eigenvalue weighted by Crippen LogP contribution is 2.33. The highest BCUT2D eigenvalue weighted by atomic mass is 16.5. The maximum absolute atomic E-state index is 5.22. The lowest BCUT2D eigenvalue weighted by atomic mass is 9.99. The molecule has 112 valence electrons. The van der Waals surface area contributed by atoms with E-state index < -0.39 is 0 Å². The number of aromatic nitrogens is 3. The zero-order valence-corrected chi connectivity index (χ0v) is 12.7. The molecule has 4 rings (SSSR count). The lowest BCUT2D eigenvalue weighted by molar-refractivity contribution is 0.415. The smallest absolute Gasteiger partial charge is 0.121 e. The van der Waals surface area contributed by atoms with Crippen LogP contribution in [0, 0.1) is 0 Å². The van der Waals surface area contributed by atoms with E-state index in [1.807, 2.05) is 42.5 Å². The van der Waals surface area contributed by atoms with Crippen molar-refractivity contribution in [2.24, 2.45) is 0 Å². The number of nitrogens with one attached hydrogen (secondary N) is 1. The van der Waals surface area contributed by atoms with Crippen molar-refractivity contribution in [1.82, 2.24) is 15.4 Å². The van der Waals surface area contributed by atoms with Gasteiger partial charge in [0.2, 0.25) is 0 Å². The van der Waals surface area contributed by atoms with Gasteiger partial charge in [0.25, 0.3) is 0 Å². The summed E-state index contributed by atoms with van der Waals surface area (Å²) in [6.07, 6.45) is 0. The Morgan fingerprint density at radius 2 is 1.65 bits per heavy atom. The fraction of sp³-hybridized carbons (Fsp3) is 0.0526. The molecule has 0 spiro atoms. The Balaban J connectivity index is 1.88. The minimum atomic E-state index is 0.827. The van der Waals surface area contributed by atoms with Crippen molar-refractivity contribution in [3.05, 3.63) is 66.7 Å². The van der Waals surface area contributed by atoms with Gasteiger partial charge < -0.3 is 4.74 Å². The Kier molecular flexibility index (Phi) is 3.27. The monoisotopic (exact) mass is 301 g/mol. The van der Waals surface area contributed by atoms with Crippen LogP contribution in [0.3, 0.4) is 0 Å². The number of ether oxygens (including phenoxy) is 1. The molecule has 3 aromatic carbocycles. The van der Waals surface area contributed by atoms with Gasteiger partial charge in [0.1, 0.15) is 11.4 Å². The van der Waals surface area contributed by atoms with E-state index in [0.29, 0.717) is 0 Å². The molecule has 1 aromatic heterocycles. The summed E-state index contributed by atoms with van der Waals surface area (Å²) in [4.78, 5) is 0. The standard InChI is InChI=1S/C19H15N3O/c1-23-15-11-9-14(10-12-15)18-19(21-22-20-18)17-8-4-6-13-5-2-3-7-16(13)17/h2-12H,1H3,(H,20,21,22). The fourth-order valence-electron chi connectivity index (χ4n) is 2.81. The van der Waals surface area contributed by atoms with Crippen LogP contribution in [0.4, 0.5) is 0 Å². The maximum atomic E-state index is 5.22. The molecule has 0 unspecified atom stereocenters. The van der Waals surface area contributed by atoms with Crippen LogP contribution in [0.1, 0.15) is 0 Å². The SMILES string of the molecule is COc1ccc(-c2[nH]nnc2-c2cccc3ccccc23)cc1. The third-order valence-electron chi connectivity index (χ3n) is 3.97. The Morgan fingerprint density at radius 3 is 2.48 bits per heavy atom. The molecule has 4 heteroatoms. The van der Waals surface area contributed by atoms with E-state index in [9.17, 15) is 0 Å². The molecule has 0 amide bonds. The third kappa shape index (κ3) is 2.34. The van der Waals surface area contributed by atoms with E-state index in [2.05, 4.69) is 39.7 Å². The van der Waals surface area contributed by atoms with Crippen LogP contribution in [-0.2, 0) is 0 Å². The number of hydrogen-bond acceptors (Lipinski definition) is 3. The molecular formula is C19H15N3O. The summed E-state index contributed by atoms with van der Waals surface area (Å²) in [5.74, 6) is 0.827. The minimum absolute atomic E-state index is 0.827. The van der Waals surface area contributed by atoms with Crippen molar-refractivity contribution in [1.29, 1.82) is 0 Å². The Morgan fingerprint density at radius 1 is 0.870 bits per heavy atom. The average Bonchev–Trinajstić information content (AvgIpc) is 3.11. The van der Waals surface area contributed by atoms with Gasteiger partial charge in [-0.25, -0.2) is 0 Å². The lowest BCUT2D eigenvalue weighted by Gasteiger charge is -2.07. The first-order valence-electron chi connectivity index (χ1n) is 7.40. The summed E-state index contributed by atoms with van der Waals surface area (Å²) in [5.41, 5.74) is 3.86. The summed E-state index contributed by atoms with van der Waals surface area (Å²) < 4.78 is 5.22. The second kappa shape index (κ2) is 5.57. The van der Waals surface area contributed by atoms with Gasteiger partial charge in [0.05, 0.1) is 12.8 Å². The Bertz CT molecular complexity index is 952. The lowest BCUT2D eigenvalue weighted by Crippen LogP contribution is -1.87. The van der Waals surface area contributed by atoms with Crippen LogP contribution in [0.25, 0.3) is 33.3 Å². The summed E-state index contributed by atoms with van der Waals surface area (Å²) in [6, 6.07) is 22.4.